The first kappa shape index (κ1) is 12.4. The van der Waals surface area contributed by atoms with Crippen molar-refractivity contribution in [1.82, 2.24) is 0 Å². The molecule has 1 atom stereocenters. The van der Waals surface area contributed by atoms with Gasteiger partial charge < -0.3 is 5.73 Å². The van der Waals surface area contributed by atoms with E-state index in [4.69, 9.17) is 28.9 Å². The highest BCUT2D eigenvalue weighted by Gasteiger charge is 2.15. The highest BCUT2D eigenvalue weighted by Crippen LogP contribution is 2.27. The zero-order chi connectivity index (χ0) is 12.4. The third kappa shape index (κ3) is 2.60. The lowest BCUT2D eigenvalue weighted by Crippen LogP contribution is -2.13. The summed E-state index contributed by atoms with van der Waals surface area (Å²) >= 11 is 11.6. The molecular weight excluding hydrogens is 260 g/mol. The van der Waals surface area contributed by atoms with Crippen molar-refractivity contribution in [1.29, 1.82) is 0 Å². The van der Waals surface area contributed by atoms with Gasteiger partial charge in [0.05, 0.1) is 11.1 Å². The Morgan fingerprint density at radius 1 is 1.06 bits per heavy atom. The number of hydrogen-bond donors (Lipinski definition) is 1. The lowest BCUT2D eigenvalue weighted by molar-refractivity contribution is 0.600. The molecule has 2 N–H and O–H groups in total. The number of halogens is 3. The van der Waals surface area contributed by atoms with Gasteiger partial charge in [0.2, 0.25) is 0 Å². The van der Waals surface area contributed by atoms with E-state index in [9.17, 15) is 4.39 Å². The fourth-order valence-electron chi connectivity index (χ4n) is 1.64. The Morgan fingerprint density at radius 3 is 2.47 bits per heavy atom. The first-order valence-corrected chi connectivity index (χ1v) is 5.80. The third-order valence-corrected chi connectivity index (χ3v) is 3.05. The molecule has 0 aromatic heterocycles. The molecule has 4 heteroatoms. The topological polar surface area (TPSA) is 26.0 Å². The number of nitrogens with two attached hydrogens (primary N) is 1. The van der Waals surface area contributed by atoms with Crippen LogP contribution in [0.5, 0.6) is 0 Å². The summed E-state index contributed by atoms with van der Waals surface area (Å²) < 4.78 is 13.8. The van der Waals surface area contributed by atoms with E-state index in [0.29, 0.717) is 10.6 Å². The number of hydrogen-bond acceptors (Lipinski definition) is 1. The summed E-state index contributed by atoms with van der Waals surface area (Å²) in [6.07, 6.45) is 0. The molecule has 0 aliphatic rings. The van der Waals surface area contributed by atoms with Gasteiger partial charge in [-0.3, -0.25) is 0 Å². The van der Waals surface area contributed by atoms with E-state index < -0.39 is 11.9 Å². The van der Waals surface area contributed by atoms with Crippen LogP contribution in [-0.4, -0.2) is 0 Å². The molecule has 0 amide bonds. The molecule has 0 heterocycles. The van der Waals surface area contributed by atoms with Crippen molar-refractivity contribution >= 4 is 23.2 Å². The van der Waals surface area contributed by atoms with Crippen LogP contribution in [0.15, 0.2) is 42.5 Å². The zero-order valence-corrected chi connectivity index (χ0v) is 10.3. The lowest BCUT2D eigenvalue weighted by atomic mass is 9.99. The minimum atomic E-state index is -0.576. The molecule has 2 rings (SSSR count). The Balaban J connectivity index is 2.44. The van der Waals surface area contributed by atoms with Crippen LogP contribution in [0, 0.1) is 5.82 Å². The Kier molecular flexibility index (Phi) is 3.67. The third-order valence-electron chi connectivity index (χ3n) is 2.52. The minimum absolute atomic E-state index is 0.0694. The van der Waals surface area contributed by atoms with E-state index in [2.05, 4.69) is 0 Å². The van der Waals surface area contributed by atoms with Crippen LogP contribution < -0.4 is 5.73 Å². The highest BCUT2D eigenvalue weighted by atomic mass is 35.5. The van der Waals surface area contributed by atoms with Gasteiger partial charge in [-0.25, -0.2) is 4.39 Å². The predicted octanol–water partition coefficient (Wildman–Crippen LogP) is 4.18. The van der Waals surface area contributed by atoms with E-state index in [1.54, 1.807) is 36.4 Å². The maximum atomic E-state index is 13.8. The Hall–Kier alpha value is -1.09. The summed E-state index contributed by atoms with van der Waals surface area (Å²) in [5.74, 6) is -0.485. The highest BCUT2D eigenvalue weighted by molar-refractivity contribution is 6.31. The molecule has 1 unspecified atom stereocenters. The molecule has 88 valence electrons. The number of benzene rings is 2. The summed E-state index contributed by atoms with van der Waals surface area (Å²) in [5, 5.41) is 0.639. The predicted molar refractivity (Wildman–Crippen MR) is 68.9 cm³/mol. The van der Waals surface area contributed by atoms with Gasteiger partial charge in [-0.2, -0.15) is 0 Å². The molecule has 2 aromatic rings. The van der Waals surface area contributed by atoms with Crippen molar-refractivity contribution in [3.63, 3.8) is 0 Å². The first-order valence-electron chi connectivity index (χ1n) is 5.04. The second-order valence-corrected chi connectivity index (χ2v) is 4.52. The molecule has 2 aromatic carbocycles. The van der Waals surface area contributed by atoms with Crippen LogP contribution in [0.4, 0.5) is 4.39 Å². The van der Waals surface area contributed by atoms with Gasteiger partial charge in [0, 0.05) is 10.6 Å². The molecule has 0 aliphatic heterocycles. The van der Waals surface area contributed by atoms with Crippen LogP contribution >= 0.6 is 23.2 Å². The van der Waals surface area contributed by atoms with Crippen LogP contribution in [0.2, 0.25) is 10.0 Å². The van der Waals surface area contributed by atoms with Gasteiger partial charge in [-0.1, -0.05) is 47.5 Å². The van der Waals surface area contributed by atoms with Gasteiger partial charge in [0.15, 0.2) is 0 Å². The molecule has 0 aliphatic carbocycles. The molecule has 0 saturated heterocycles. The molecular formula is C13H10Cl2FN. The van der Waals surface area contributed by atoms with Crippen molar-refractivity contribution in [2.75, 3.05) is 0 Å². The van der Waals surface area contributed by atoms with E-state index in [-0.39, 0.29) is 5.02 Å². The van der Waals surface area contributed by atoms with E-state index in [1.807, 2.05) is 0 Å². The van der Waals surface area contributed by atoms with E-state index in [0.717, 1.165) is 5.56 Å². The van der Waals surface area contributed by atoms with Crippen LogP contribution in [-0.2, 0) is 0 Å². The zero-order valence-electron chi connectivity index (χ0n) is 8.83. The smallest absolute Gasteiger partial charge is 0.146 e. The monoisotopic (exact) mass is 269 g/mol. The van der Waals surface area contributed by atoms with Crippen molar-refractivity contribution in [2.45, 2.75) is 6.04 Å². The second-order valence-electron chi connectivity index (χ2n) is 3.68. The summed E-state index contributed by atoms with van der Waals surface area (Å²) in [4.78, 5) is 0. The first-order chi connectivity index (χ1) is 8.09. The standard InChI is InChI=1S/C13H10Cl2FN/c14-9-4-1-3-8(7-9)13(17)10-5-2-6-11(15)12(10)16/h1-7,13H,17H2. The summed E-state index contributed by atoms with van der Waals surface area (Å²) in [5.41, 5.74) is 7.11. The van der Waals surface area contributed by atoms with Gasteiger partial charge in [0.25, 0.3) is 0 Å². The molecule has 0 spiro atoms. The Morgan fingerprint density at radius 2 is 1.76 bits per heavy atom. The molecule has 1 nitrogen and oxygen atoms in total. The van der Waals surface area contributed by atoms with E-state index in [1.165, 1.54) is 6.07 Å². The fourth-order valence-corrected chi connectivity index (χ4v) is 2.02. The fraction of sp³-hybridized carbons (Fsp3) is 0.0769. The largest absolute Gasteiger partial charge is 0.320 e. The van der Waals surface area contributed by atoms with Gasteiger partial charge in [0.1, 0.15) is 5.82 Å². The van der Waals surface area contributed by atoms with Crippen molar-refractivity contribution in [2.24, 2.45) is 5.73 Å². The average Bonchev–Trinajstić information content (AvgIpc) is 2.32. The molecule has 0 radical (unpaired) electrons. The molecule has 17 heavy (non-hydrogen) atoms. The van der Waals surface area contributed by atoms with Gasteiger partial charge >= 0.3 is 0 Å². The van der Waals surface area contributed by atoms with Crippen molar-refractivity contribution in [3.8, 4) is 0 Å². The normalized spacial score (nSPS) is 12.5. The van der Waals surface area contributed by atoms with E-state index >= 15 is 0 Å². The average molecular weight is 270 g/mol. The summed E-state index contributed by atoms with van der Waals surface area (Å²) in [6, 6.07) is 11.2. The second kappa shape index (κ2) is 5.05. The quantitative estimate of drug-likeness (QED) is 0.870. The Labute approximate surface area is 109 Å². The van der Waals surface area contributed by atoms with Crippen LogP contribution in [0.1, 0.15) is 17.2 Å². The summed E-state index contributed by atoms with van der Waals surface area (Å²) in [7, 11) is 0. The van der Waals surface area contributed by atoms with Gasteiger partial charge in [-0.05, 0) is 23.8 Å². The van der Waals surface area contributed by atoms with Gasteiger partial charge in [-0.15, -0.1) is 0 Å². The maximum absolute atomic E-state index is 13.8. The minimum Gasteiger partial charge on any atom is -0.320 e. The number of rotatable bonds is 2. The van der Waals surface area contributed by atoms with Crippen LogP contribution in [0.25, 0.3) is 0 Å². The lowest BCUT2D eigenvalue weighted by Gasteiger charge is -2.14. The van der Waals surface area contributed by atoms with Crippen LogP contribution in [0.3, 0.4) is 0 Å². The van der Waals surface area contributed by atoms with Crippen molar-refractivity contribution in [3.05, 3.63) is 69.5 Å². The molecule has 0 saturated carbocycles. The Bertz CT molecular complexity index is 543. The summed E-state index contributed by atoms with van der Waals surface area (Å²) in [6.45, 7) is 0. The molecule has 0 fully saturated rings. The van der Waals surface area contributed by atoms with Crippen molar-refractivity contribution < 1.29 is 4.39 Å². The SMILES string of the molecule is NC(c1cccc(Cl)c1)c1cccc(Cl)c1F. The maximum Gasteiger partial charge on any atom is 0.146 e. The molecule has 0 bridgehead atoms.